The van der Waals surface area contributed by atoms with Crippen molar-refractivity contribution in [2.75, 3.05) is 5.75 Å². The summed E-state index contributed by atoms with van der Waals surface area (Å²) in [5, 5.41) is 0. The molecule has 1 nitrogen and oxygen atoms in total. The van der Waals surface area contributed by atoms with E-state index in [9.17, 15) is 57.1 Å². The van der Waals surface area contributed by atoms with Gasteiger partial charge in [0.2, 0.25) is 0 Å². The van der Waals surface area contributed by atoms with Gasteiger partial charge in [-0.1, -0.05) is 26.0 Å². The molecule has 0 aliphatic heterocycles. The zero-order valence-electron chi connectivity index (χ0n) is 20.2. The minimum atomic E-state index is -7.88. The van der Waals surface area contributed by atoms with Crippen molar-refractivity contribution in [1.29, 1.82) is 0 Å². The first kappa shape index (κ1) is 33.5. The number of benzene rings is 1. The van der Waals surface area contributed by atoms with E-state index < -0.39 is 48.0 Å². The van der Waals surface area contributed by atoms with E-state index in [1.54, 1.807) is 32.9 Å². The summed E-state index contributed by atoms with van der Waals surface area (Å²) in [4.78, 5) is 0. The summed E-state index contributed by atoms with van der Waals surface area (Å²) in [5.41, 5.74) is 1.88. The Labute approximate surface area is 209 Å². The van der Waals surface area contributed by atoms with E-state index in [0.29, 0.717) is 28.6 Å². The molecule has 0 saturated heterocycles. The lowest BCUT2D eigenvalue weighted by Crippen LogP contribution is -2.70. The number of aryl methyl sites for hydroxylation is 1. The number of thioether (sulfide) groups is 1. The molecule has 0 spiro atoms. The van der Waals surface area contributed by atoms with Gasteiger partial charge >= 0.3 is 35.8 Å². The smallest absolute Gasteiger partial charge is 0.460 e. The molecule has 0 saturated carbocycles. The summed E-state index contributed by atoms with van der Waals surface area (Å²) in [7, 11) is 0. The third kappa shape index (κ3) is 6.38. The Morgan fingerprint density at radius 2 is 1.22 bits per heavy atom. The summed E-state index contributed by atoms with van der Waals surface area (Å²) >= 11 is 0.494. The highest BCUT2D eigenvalue weighted by atomic mass is 32.2. The normalized spacial score (nSPS) is 14.6. The van der Waals surface area contributed by atoms with Crippen LogP contribution in [0.2, 0.25) is 0 Å². The Morgan fingerprint density at radius 3 is 1.65 bits per heavy atom. The van der Waals surface area contributed by atoms with Crippen LogP contribution in [0.4, 0.5) is 57.1 Å². The van der Waals surface area contributed by atoms with Gasteiger partial charge in [-0.3, -0.25) is 0 Å². The number of hydrogen-bond acceptors (Lipinski definition) is 2. The molecule has 1 aromatic carbocycles. The molecular weight excluding hydrogens is 559 g/mol. The summed E-state index contributed by atoms with van der Waals surface area (Å²) in [6.07, 6.45) is -9.97. The molecule has 0 fully saturated rings. The second kappa shape index (κ2) is 10.9. The van der Waals surface area contributed by atoms with Gasteiger partial charge in [-0.05, 0) is 43.6 Å². The molecule has 0 unspecified atom stereocenters. The van der Waals surface area contributed by atoms with Crippen molar-refractivity contribution in [2.45, 2.75) is 94.6 Å². The monoisotopic (exact) mass is 584 g/mol. The van der Waals surface area contributed by atoms with E-state index in [1.807, 2.05) is 13.8 Å². The third-order valence-corrected chi connectivity index (χ3v) is 6.22. The molecule has 0 N–H and O–H groups in total. The van der Waals surface area contributed by atoms with Gasteiger partial charge in [-0.15, -0.1) is 0 Å². The van der Waals surface area contributed by atoms with Gasteiger partial charge in [0.25, 0.3) is 0 Å². The topological polar surface area (TPSA) is 9.23 Å². The van der Waals surface area contributed by atoms with Crippen molar-refractivity contribution in [3.05, 3.63) is 28.8 Å². The van der Waals surface area contributed by atoms with Crippen LogP contribution in [0.5, 0.6) is 5.75 Å². The summed E-state index contributed by atoms with van der Waals surface area (Å²) < 4.78 is 178. The molecule has 1 rings (SSSR count). The molecule has 0 aliphatic rings. The molecule has 0 radical (unpaired) electrons. The van der Waals surface area contributed by atoms with Gasteiger partial charge < -0.3 is 4.74 Å². The van der Waals surface area contributed by atoms with Gasteiger partial charge in [0.1, 0.15) is 5.75 Å². The van der Waals surface area contributed by atoms with Crippen molar-refractivity contribution >= 4 is 11.8 Å². The first-order chi connectivity index (χ1) is 16.3. The van der Waals surface area contributed by atoms with Crippen molar-refractivity contribution < 1.29 is 61.8 Å². The Kier molecular flexibility index (Phi) is 9.88. The maximum absolute atomic E-state index is 14.0. The highest BCUT2D eigenvalue weighted by Gasteiger charge is 2.90. The number of ether oxygens (including phenoxy) is 1. The minimum Gasteiger partial charge on any atom is -0.490 e. The van der Waals surface area contributed by atoms with Gasteiger partial charge in [0, 0.05) is 17.7 Å². The van der Waals surface area contributed by atoms with Gasteiger partial charge in [-0.25, -0.2) is 0 Å². The number of alkyl halides is 13. The Morgan fingerprint density at radius 1 is 0.730 bits per heavy atom. The van der Waals surface area contributed by atoms with Gasteiger partial charge in [0.05, 0.1) is 6.10 Å². The van der Waals surface area contributed by atoms with E-state index in [1.165, 1.54) is 0 Å². The van der Waals surface area contributed by atoms with Crippen molar-refractivity contribution in [2.24, 2.45) is 0 Å². The quantitative estimate of drug-likeness (QED) is 0.179. The molecule has 37 heavy (non-hydrogen) atoms. The second-order valence-electron chi connectivity index (χ2n) is 8.95. The molecule has 0 atom stereocenters. The predicted molar refractivity (Wildman–Crippen MR) is 113 cm³/mol. The molecule has 0 heterocycles. The molecule has 0 amide bonds. The highest BCUT2D eigenvalue weighted by molar-refractivity contribution is 7.98. The fourth-order valence-electron chi connectivity index (χ4n) is 3.06. The molecule has 0 aromatic heterocycles. The van der Waals surface area contributed by atoms with Crippen LogP contribution in [0.3, 0.4) is 0 Å². The summed E-state index contributed by atoms with van der Waals surface area (Å²) in [6.45, 7) is 8.75. The Bertz CT molecular complexity index is 924. The van der Waals surface area contributed by atoms with Crippen LogP contribution in [0.25, 0.3) is 0 Å². The lowest BCUT2D eigenvalue weighted by atomic mass is 9.93. The average molecular weight is 584 g/mol. The van der Waals surface area contributed by atoms with E-state index >= 15 is 0 Å². The maximum atomic E-state index is 14.0. The number of rotatable bonds is 12. The maximum Gasteiger partial charge on any atom is 0.460 e. The predicted octanol–water partition coefficient (Wildman–Crippen LogP) is 9.27. The van der Waals surface area contributed by atoms with Crippen LogP contribution >= 0.6 is 11.8 Å². The van der Waals surface area contributed by atoms with E-state index in [0.717, 1.165) is 5.56 Å². The zero-order valence-corrected chi connectivity index (χ0v) is 21.0. The second-order valence-corrected chi connectivity index (χ2v) is 10.1. The van der Waals surface area contributed by atoms with Crippen LogP contribution < -0.4 is 4.74 Å². The van der Waals surface area contributed by atoms with Crippen LogP contribution in [0, 0.1) is 6.92 Å². The van der Waals surface area contributed by atoms with E-state index in [4.69, 9.17) is 4.74 Å². The molecule has 15 heteroatoms. The minimum absolute atomic E-state index is 0.0114. The fourth-order valence-corrected chi connectivity index (χ4v) is 4.04. The van der Waals surface area contributed by atoms with Gasteiger partial charge in [-0.2, -0.15) is 68.8 Å². The highest BCUT2D eigenvalue weighted by Crippen LogP contribution is 2.60. The first-order valence-corrected chi connectivity index (χ1v) is 11.8. The summed E-state index contributed by atoms with van der Waals surface area (Å²) in [6, 6.07) is 3.44. The van der Waals surface area contributed by atoms with Crippen molar-refractivity contribution in [3.8, 4) is 5.75 Å². The summed E-state index contributed by atoms with van der Waals surface area (Å²) in [5.74, 6) is -37.5. The SMILES string of the molecule is Cc1cc(C(C)C)cc(CSCCC(F)(F)C(F)(F)C(F)(F)C(F)(F)C(F)(F)C(F)(F)F)c1OC(C)C. The van der Waals surface area contributed by atoms with Crippen LogP contribution in [0.15, 0.2) is 12.1 Å². The van der Waals surface area contributed by atoms with E-state index in [-0.39, 0.29) is 17.8 Å². The van der Waals surface area contributed by atoms with Crippen molar-refractivity contribution in [3.63, 3.8) is 0 Å². The number of hydrogen-bond donors (Lipinski definition) is 0. The van der Waals surface area contributed by atoms with E-state index in [2.05, 4.69) is 0 Å². The molecule has 1 aromatic rings. The zero-order chi connectivity index (χ0) is 29.4. The third-order valence-electron chi connectivity index (χ3n) is 5.21. The van der Waals surface area contributed by atoms with Crippen LogP contribution in [-0.4, -0.2) is 47.6 Å². The van der Waals surface area contributed by atoms with Gasteiger partial charge in [0.15, 0.2) is 0 Å². The Hall–Kier alpha value is -1.54. The first-order valence-electron chi connectivity index (χ1n) is 10.7. The molecule has 0 bridgehead atoms. The lowest BCUT2D eigenvalue weighted by molar-refractivity contribution is -0.439. The lowest BCUT2D eigenvalue weighted by Gasteiger charge is -2.39. The largest absolute Gasteiger partial charge is 0.490 e. The molecular formula is C22H25F13OS. The molecule has 0 aliphatic carbocycles. The average Bonchev–Trinajstić information content (AvgIpc) is 2.71. The fraction of sp³-hybridized carbons (Fsp3) is 0.727. The number of halogens is 13. The van der Waals surface area contributed by atoms with Crippen LogP contribution in [0.1, 0.15) is 56.7 Å². The standard InChI is InChI=1S/C22H25F13OS/c1-11(2)14-8-13(5)16(36-12(3)4)15(9-14)10-37-7-6-17(23,24)18(25,26)19(27,28)20(29,30)21(31,32)22(33,34)35/h8-9,11-12H,6-7,10H2,1-5H3. The van der Waals surface area contributed by atoms with Crippen molar-refractivity contribution in [1.82, 2.24) is 0 Å². The van der Waals surface area contributed by atoms with Crippen LogP contribution in [-0.2, 0) is 5.75 Å². The molecule has 216 valence electrons. The Balaban J connectivity index is 3.14.